The van der Waals surface area contributed by atoms with E-state index in [1.165, 1.54) is 17.5 Å². The van der Waals surface area contributed by atoms with Crippen LogP contribution in [0.25, 0.3) is 0 Å². The molecule has 0 aliphatic heterocycles. The molecule has 0 saturated heterocycles. The van der Waals surface area contributed by atoms with Gasteiger partial charge in [0.15, 0.2) is 0 Å². The van der Waals surface area contributed by atoms with Gasteiger partial charge in [-0.2, -0.15) is 0 Å². The maximum absolute atomic E-state index is 7.37. The van der Waals surface area contributed by atoms with Gasteiger partial charge in [-0.05, 0) is 48.6 Å². The maximum atomic E-state index is 7.37. The Labute approximate surface area is 111 Å². The van der Waals surface area contributed by atoms with E-state index in [1.54, 1.807) is 18.2 Å². The van der Waals surface area contributed by atoms with E-state index in [0.29, 0.717) is 11.6 Å². The van der Waals surface area contributed by atoms with Crippen molar-refractivity contribution in [3.8, 4) is 11.6 Å². The summed E-state index contributed by atoms with van der Waals surface area (Å²) in [7, 11) is 0. The van der Waals surface area contributed by atoms with E-state index in [0.717, 1.165) is 18.6 Å². The fourth-order valence-corrected chi connectivity index (χ4v) is 2.35. The monoisotopic (exact) mass is 253 g/mol. The number of pyridine rings is 1. The van der Waals surface area contributed by atoms with Crippen molar-refractivity contribution >= 4 is 5.84 Å². The maximum Gasteiger partial charge on any atom is 0.219 e. The van der Waals surface area contributed by atoms with Gasteiger partial charge < -0.3 is 10.5 Å². The van der Waals surface area contributed by atoms with E-state index in [2.05, 4.69) is 17.1 Å². The highest BCUT2D eigenvalue weighted by Crippen LogP contribution is 2.28. The average molecular weight is 253 g/mol. The van der Waals surface area contributed by atoms with Crippen molar-refractivity contribution in [1.82, 2.24) is 4.98 Å². The summed E-state index contributed by atoms with van der Waals surface area (Å²) in [6, 6.07) is 11.4. The molecule has 1 aromatic carbocycles. The molecule has 0 bridgehead atoms. The zero-order valence-corrected chi connectivity index (χ0v) is 10.5. The second-order valence-corrected chi connectivity index (χ2v) is 4.66. The summed E-state index contributed by atoms with van der Waals surface area (Å²) in [6.45, 7) is 0. The number of nitrogens with two attached hydrogens (primary N) is 1. The standard InChI is InChI=1S/C15H15N3O/c16-15(17)13-5-2-6-14(18-13)19-12-8-7-10-3-1-4-11(10)9-12/h2,5-9H,1,3-4H2,(H3,16,17). The van der Waals surface area contributed by atoms with Gasteiger partial charge in [0.25, 0.3) is 0 Å². The van der Waals surface area contributed by atoms with Crippen molar-refractivity contribution in [2.75, 3.05) is 0 Å². The van der Waals surface area contributed by atoms with Crippen LogP contribution in [-0.4, -0.2) is 10.8 Å². The summed E-state index contributed by atoms with van der Waals surface area (Å²) in [4.78, 5) is 4.19. The number of nitrogens with one attached hydrogen (secondary N) is 1. The van der Waals surface area contributed by atoms with Gasteiger partial charge in [0.2, 0.25) is 5.88 Å². The molecule has 3 rings (SSSR count). The predicted octanol–water partition coefficient (Wildman–Crippen LogP) is 2.65. The highest BCUT2D eigenvalue weighted by atomic mass is 16.5. The first-order valence-electron chi connectivity index (χ1n) is 6.33. The fraction of sp³-hybridized carbons (Fsp3) is 0.200. The molecule has 0 atom stereocenters. The third-order valence-corrected chi connectivity index (χ3v) is 3.29. The Hall–Kier alpha value is -2.36. The van der Waals surface area contributed by atoms with Crippen LogP contribution in [0, 0.1) is 5.41 Å². The molecule has 2 aromatic rings. The first kappa shape index (κ1) is 11.7. The SMILES string of the molecule is N=C(N)c1cccc(Oc2ccc3c(c2)CCC3)n1. The van der Waals surface area contributed by atoms with Crippen molar-refractivity contribution in [2.45, 2.75) is 19.3 Å². The summed E-state index contributed by atoms with van der Waals surface area (Å²) >= 11 is 0. The van der Waals surface area contributed by atoms with Gasteiger partial charge in [0.05, 0.1) is 0 Å². The number of aryl methyl sites for hydroxylation is 2. The van der Waals surface area contributed by atoms with Gasteiger partial charge >= 0.3 is 0 Å². The number of hydrogen-bond acceptors (Lipinski definition) is 3. The highest BCUT2D eigenvalue weighted by molar-refractivity contribution is 5.93. The van der Waals surface area contributed by atoms with Gasteiger partial charge in [-0.25, -0.2) is 4.98 Å². The van der Waals surface area contributed by atoms with Crippen LogP contribution in [0.15, 0.2) is 36.4 Å². The van der Waals surface area contributed by atoms with Crippen molar-refractivity contribution in [2.24, 2.45) is 5.73 Å². The number of ether oxygens (including phenoxy) is 1. The van der Waals surface area contributed by atoms with Crippen LogP contribution in [-0.2, 0) is 12.8 Å². The molecule has 0 fully saturated rings. The molecule has 4 nitrogen and oxygen atoms in total. The lowest BCUT2D eigenvalue weighted by molar-refractivity contribution is 0.462. The Morgan fingerprint density at radius 2 is 2.00 bits per heavy atom. The van der Waals surface area contributed by atoms with Crippen LogP contribution in [0.3, 0.4) is 0 Å². The molecule has 0 spiro atoms. The van der Waals surface area contributed by atoms with E-state index in [4.69, 9.17) is 15.9 Å². The summed E-state index contributed by atoms with van der Waals surface area (Å²) in [5.74, 6) is 1.19. The second kappa shape index (κ2) is 4.72. The average Bonchev–Trinajstić information content (AvgIpc) is 2.86. The molecule has 0 unspecified atom stereocenters. The third-order valence-electron chi connectivity index (χ3n) is 3.29. The van der Waals surface area contributed by atoms with Crippen molar-refractivity contribution < 1.29 is 4.74 Å². The number of amidine groups is 1. The van der Waals surface area contributed by atoms with Gasteiger partial charge in [-0.15, -0.1) is 0 Å². The lowest BCUT2D eigenvalue weighted by Gasteiger charge is -2.07. The summed E-state index contributed by atoms with van der Waals surface area (Å²) in [5, 5.41) is 7.37. The number of fused-ring (bicyclic) bond motifs is 1. The number of nitrogen functional groups attached to an aromatic ring is 1. The molecule has 19 heavy (non-hydrogen) atoms. The number of hydrogen-bond donors (Lipinski definition) is 2. The highest BCUT2D eigenvalue weighted by Gasteiger charge is 2.11. The Morgan fingerprint density at radius 3 is 2.84 bits per heavy atom. The minimum Gasteiger partial charge on any atom is -0.439 e. The van der Waals surface area contributed by atoms with Crippen LogP contribution in [0.1, 0.15) is 23.2 Å². The van der Waals surface area contributed by atoms with Crippen LogP contribution in [0.4, 0.5) is 0 Å². The molecule has 1 aromatic heterocycles. The predicted molar refractivity (Wildman–Crippen MR) is 73.8 cm³/mol. The fourth-order valence-electron chi connectivity index (χ4n) is 2.35. The van der Waals surface area contributed by atoms with Gasteiger partial charge in [0.1, 0.15) is 17.3 Å². The number of aromatic nitrogens is 1. The van der Waals surface area contributed by atoms with Crippen LogP contribution >= 0.6 is 0 Å². The summed E-state index contributed by atoms with van der Waals surface area (Å²) < 4.78 is 5.73. The Balaban J connectivity index is 1.85. The van der Waals surface area contributed by atoms with Gasteiger partial charge in [0, 0.05) is 6.07 Å². The minimum absolute atomic E-state index is 0.0561. The molecule has 1 aliphatic rings. The largest absolute Gasteiger partial charge is 0.439 e. The van der Waals surface area contributed by atoms with E-state index in [9.17, 15) is 0 Å². The first-order chi connectivity index (χ1) is 9.22. The molecular formula is C15H15N3O. The molecule has 0 saturated carbocycles. The number of benzene rings is 1. The quantitative estimate of drug-likeness (QED) is 0.652. The van der Waals surface area contributed by atoms with Crippen LogP contribution < -0.4 is 10.5 Å². The molecule has 0 radical (unpaired) electrons. The molecular weight excluding hydrogens is 238 g/mol. The van der Waals surface area contributed by atoms with Crippen LogP contribution in [0.5, 0.6) is 11.6 Å². The molecule has 96 valence electrons. The smallest absolute Gasteiger partial charge is 0.219 e. The zero-order valence-electron chi connectivity index (χ0n) is 10.5. The molecule has 4 heteroatoms. The molecule has 1 heterocycles. The van der Waals surface area contributed by atoms with E-state index >= 15 is 0 Å². The lowest BCUT2D eigenvalue weighted by Crippen LogP contribution is -2.13. The summed E-state index contributed by atoms with van der Waals surface area (Å²) in [6.07, 6.45) is 3.50. The minimum atomic E-state index is -0.0561. The van der Waals surface area contributed by atoms with Gasteiger partial charge in [-0.3, -0.25) is 5.41 Å². The topological polar surface area (TPSA) is 72.0 Å². The van der Waals surface area contributed by atoms with Crippen LogP contribution in [0.2, 0.25) is 0 Å². The second-order valence-electron chi connectivity index (χ2n) is 4.66. The third kappa shape index (κ3) is 2.42. The Bertz CT molecular complexity index is 637. The Kier molecular flexibility index (Phi) is 2.91. The van der Waals surface area contributed by atoms with Crippen molar-refractivity contribution in [3.05, 3.63) is 53.2 Å². The molecule has 0 amide bonds. The molecule has 1 aliphatic carbocycles. The normalized spacial score (nSPS) is 13.1. The number of nitrogens with zero attached hydrogens (tertiary/aromatic N) is 1. The van der Waals surface area contributed by atoms with Crippen molar-refractivity contribution in [3.63, 3.8) is 0 Å². The van der Waals surface area contributed by atoms with Gasteiger partial charge in [-0.1, -0.05) is 12.1 Å². The van der Waals surface area contributed by atoms with E-state index in [1.807, 2.05) is 6.07 Å². The van der Waals surface area contributed by atoms with E-state index in [-0.39, 0.29) is 5.84 Å². The lowest BCUT2D eigenvalue weighted by atomic mass is 10.1. The summed E-state index contributed by atoms with van der Waals surface area (Å²) in [5.41, 5.74) is 8.62. The molecule has 3 N–H and O–H groups in total. The van der Waals surface area contributed by atoms with E-state index < -0.39 is 0 Å². The first-order valence-corrected chi connectivity index (χ1v) is 6.33. The zero-order chi connectivity index (χ0) is 13.2. The Morgan fingerprint density at radius 1 is 1.16 bits per heavy atom. The van der Waals surface area contributed by atoms with Crippen molar-refractivity contribution in [1.29, 1.82) is 5.41 Å². The number of rotatable bonds is 3.